The van der Waals surface area contributed by atoms with E-state index < -0.39 is 0 Å². The van der Waals surface area contributed by atoms with Crippen molar-refractivity contribution in [2.75, 3.05) is 46.4 Å². The van der Waals surface area contributed by atoms with Gasteiger partial charge >= 0.3 is 0 Å². The molecule has 1 saturated heterocycles. The molecule has 0 saturated carbocycles. The van der Waals surface area contributed by atoms with Crippen LogP contribution >= 0.6 is 0 Å². The molecule has 1 aromatic rings. The zero-order valence-electron chi connectivity index (χ0n) is 12.6. The topological polar surface area (TPSA) is 41.7 Å². The van der Waals surface area contributed by atoms with Crippen LogP contribution in [-0.4, -0.2) is 56.2 Å². The second-order valence-corrected chi connectivity index (χ2v) is 5.47. The lowest BCUT2D eigenvalue weighted by atomic mass is 10.2. The lowest BCUT2D eigenvalue weighted by molar-refractivity contribution is 0.126. The largest absolute Gasteiger partial charge is 0.497 e. The molecular weight excluding hydrogens is 250 g/mol. The first-order chi connectivity index (χ1) is 9.81. The van der Waals surface area contributed by atoms with Crippen LogP contribution in [0.15, 0.2) is 24.3 Å². The molecule has 2 N–H and O–H groups in total. The lowest BCUT2D eigenvalue weighted by Gasteiger charge is -2.34. The molecule has 20 heavy (non-hydrogen) atoms. The monoisotopic (exact) mass is 277 g/mol. The summed E-state index contributed by atoms with van der Waals surface area (Å²) in [5.41, 5.74) is 6.87. The van der Waals surface area contributed by atoms with Crippen molar-refractivity contribution < 1.29 is 4.74 Å². The van der Waals surface area contributed by atoms with E-state index in [-0.39, 0.29) is 0 Å². The average molecular weight is 277 g/mol. The maximum Gasteiger partial charge on any atom is 0.119 e. The zero-order chi connectivity index (χ0) is 14.2. The molecule has 0 spiro atoms. The van der Waals surface area contributed by atoms with Gasteiger partial charge in [-0.3, -0.25) is 4.90 Å². The third-order valence-corrected chi connectivity index (χ3v) is 3.93. The predicted molar refractivity (Wildman–Crippen MR) is 83.0 cm³/mol. The first-order valence-corrected chi connectivity index (χ1v) is 7.59. The van der Waals surface area contributed by atoms with Gasteiger partial charge in [-0.1, -0.05) is 12.1 Å². The molecule has 1 aromatic carbocycles. The van der Waals surface area contributed by atoms with E-state index in [2.05, 4.69) is 28.0 Å². The van der Waals surface area contributed by atoms with E-state index >= 15 is 0 Å². The fourth-order valence-corrected chi connectivity index (χ4v) is 2.68. The Labute approximate surface area is 122 Å². The molecule has 4 heteroatoms. The smallest absolute Gasteiger partial charge is 0.119 e. The Kier molecular flexibility index (Phi) is 6.30. The van der Waals surface area contributed by atoms with Gasteiger partial charge in [0.15, 0.2) is 0 Å². The van der Waals surface area contributed by atoms with Crippen LogP contribution in [-0.2, 0) is 6.54 Å². The number of piperazine rings is 1. The van der Waals surface area contributed by atoms with Crippen LogP contribution in [0.25, 0.3) is 0 Å². The summed E-state index contributed by atoms with van der Waals surface area (Å²) >= 11 is 0. The number of nitrogens with zero attached hydrogens (tertiary/aromatic N) is 2. The molecule has 0 atom stereocenters. The number of methoxy groups -OCH3 is 1. The first-order valence-electron chi connectivity index (χ1n) is 7.59. The maximum absolute atomic E-state index is 5.54. The summed E-state index contributed by atoms with van der Waals surface area (Å²) in [7, 11) is 1.72. The summed E-state index contributed by atoms with van der Waals surface area (Å²) in [5, 5.41) is 0. The molecule has 1 heterocycles. The van der Waals surface area contributed by atoms with E-state index in [0.717, 1.165) is 38.3 Å². The van der Waals surface area contributed by atoms with Crippen molar-refractivity contribution in [1.82, 2.24) is 9.80 Å². The van der Waals surface area contributed by atoms with Gasteiger partial charge in [-0.25, -0.2) is 0 Å². The molecule has 0 radical (unpaired) electrons. The number of hydrogen-bond donors (Lipinski definition) is 1. The van der Waals surface area contributed by atoms with Crippen LogP contribution in [0.1, 0.15) is 18.4 Å². The zero-order valence-corrected chi connectivity index (χ0v) is 12.6. The van der Waals surface area contributed by atoms with Crippen LogP contribution in [0.4, 0.5) is 0 Å². The van der Waals surface area contributed by atoms with Crippen molar-refractivity contribution >= 4 is 0 Å². The summed E-state index contributed by atoms with van der Waals surface area (Å²) in [4.78, 5) is 5.08. The first kappa shape index (κ1) is 15.3. The number of rotatable bonds is 7. The van der Waals surface area contributed by atoms with E-state index in [1.54, 1.807) is 7.11 Å². The Morgan fingerprint density at radius 1 is 1.10 bits per heavy atom. The van der Waals surface area contributed by atoms with Crippen molar-refractivity contribution in [2.45, 2.75) is 19.4 Å². The molecule has 0 aliphatic carbocycles. The second kappa shape index (κ2) is 8.25. The van der Waals surface area contributed by atoms with Crippen LogP contribution in [0.5, 0.6) is 5.75 Å². The SMILES string of the molecule is COc1cccc(CN2CCN(CCCCN)CC2)c1. The average Bonchev–Trinajstić information content (AvgIpc) is 2.49. The highest BCUT2D eigenvalue weighted by atomic mass is 16.5. The minimum Gasteiger partial charge on any atom is -0.497 e. The van der Waals surface area contributed by atoms with E-state index in [1.807, 2.05) is 6.07 Å². The summed E-state index contributed by atoms with van der Waals surface area (Å²) in [6.45, 7) is 7.69. The molecule has 0 unspecified atom stereocenters. The summed E-state index contributed by atoms with van der Waals surface area (Å²) < 4.78 is 5.28. The fraction of sp³-hybridized carbons (Fsp3) is 0.625. The second-order valence-electron chi connectivity index (χ2n) is 5.47. The Balaban J connectivity index is 1.73. The number of unbranched alkanes of at least 4 members (excludes halogenated alkanes) is 1. The highest BCUT2D eigenvalue weighted by Gasteiger charge is 2.16. The highest BCUT2D eigenvalue weighted by Crippen LogP contribution is 2.15. The molecule has 4 nitrogen and oxygen atoms in total. The fourth-order valence-electron chi connectivity index (χ4n) is 2.68. The highest BCUT2D eigenvalue weighted by molar-refractivity contribution is 5.28. The molecule has 0 amide bonds. The van der Waals surface area contributed by atoms with Crippen molar-refractivity contribution in [3.63, 3.8) is 0 Å². The van der Waals surface area contributed by atoms with Gasteiger partial charge in [0.25, 0.3) is 0 Å². The number of nitrogens with two attached hydrogens (primary N) is 1. The van der Waals surface area contributed by atoms with E-state index in [4.69, 9.17) is 10.5 Å². The number of hydrogen-bond acceptors (Lipinski definition) is 4. The quantitative estimate of drug-likeness (QED) is 0.768. The summed E-state index contributed by atoms with van der Waals surface area (Å²) in [6.07, 6.45) is 2.37. The molecular formula is C16H27N3O. The van der Waals surface area contributed by atoms with E-state index in [0.29, 0.717) is 0 Å². The van der Waals surface area contributed by atoms with Crippen LogP contribution in [0.2, 0.25) is 0 Å². The van der Waals surface area contributed by atoms with Gasteiger partial charge in [-0.2, -0.15) is 0 Å². The summed E-state index contributed by atoms with van der Waals surface area (Å²) in [5.74, 6) is 0.947. The van der Waals surface area contributed by atoms with Crippen LogP contribution in [0.3, 0.4) is 0 Å². The number of ether oxygens (including phenoxy) is 1. The van der Waals surface area contributed by atoms with Gasteiger partial charge < -0.3 is 15.4 Å². The third kappa shape index (κ3) is 4.78. The Hall–Kier alpha value is -1.10. The minimum atomic E-state index is 0.815. The van der Waals surface area contributed by atoms with Crippen molar-refractivity contribution in [2.24, 2.45) is 5.73 Å². The lowest BCUT2D eigenvalue weighted by Crippen LogP contribution is -2.46. The van der Waals surface area contributed by atoms with Crippen LogP contribution < -0.4 is 10.5 Å². The molecule has 112 valence electrons. The van der Waals surface area contributed by atoms with Gasteiger partial charge in [0.2, 0.25) is 0 Å². The van der Waals surface area contributed by atoms with Crippen molar-refractivity contribution in [3.8, 4) is 5.75 Å². The Bertz CT molecular complexity index is 389. The van der Waals surface area contributed by atoms with Crippen LogP contribution in [0, 0.1) is 0 Å². The summed E-state index contributed by atoms with van der Waals surface area (Å²) in [6, 6.07) is 8.37. The van der Waals surface area contributed by atoms with Crippen molar-refractivity contribution in [3.05, 3.63) is 29.8 Å². The van der Waals surface area contributed by atoms with Gasteiger partial charge in [0.05, 0.1) is 7.11 Å². The van der Waals surface area contributed by atoms with Crippen molar-refractivity contribution in [1.29, 1.82) is 0 Å². The molecule has 0 aromatic heterocycles. The minimum absolute atomic E-state index is 0.815. The maximum atomic E-state index is 5.54. The molecule has 1 aliphatic heterocycles. The molecule has 0 bridgehead atoms. The third-order valence-electron chi connectivity index (χ3n) is 3.93. The van der Waals surface area contributed by atoms with Gasteiger partial charge in [0, 0.05) is 32.7 Å². The molecule has 1 fully saturated rings. The van der Waals surface area contributed by atoms with Gasteiger partial charge in [0.1, 0.15) is 5.75 Å². The molecule has 2 rings (SSSR count). The van der Waals surface area contributed by atoms with E-state index in [9.17, 15) is 0 Å². The Morgan fingerprint density at radius 2 is 1.85 bits per heavy atom. The number of benzene rings is 1. The standard InChI is InChI=1S/C16H27N3O/c1-20-16-6-4-5-15(13-16)14-19-11-9-18(10-12-19)8-3-2-7-17/h4-6,13H,2-3,7-12,14,17H2,1H3. The van der Waals surface area contributed by atoms with E-state index in [1.165, 1.54) is 31.6 Å². The normalized spacial score (nSPS) is 17.3. The van der Waals surface area contributed by atoms with Gasteiger partial charge in [-0.15, -0.1) is 0 Å². The predicted octanol–water partition coefficient (Wildman–Crippen LogP) is 1.55. The Morgan fingerprint density at radius 3 is 2.55 bits per heavy atom. The van der Waals surface area contributed by atoms with Gasteiger partial charge in [-0.05, 0) is 43.6 Å². The molecule has 1 aliphatic rings.